The zero-order valence-electron chi connectivity index (χ0n) is 14.2. The number of hydrogen-bond acceptors (Lipinski definition) is 4. The Morgan fingerprint density at radius 1 is 1.40 bits per heavy atom. The van der Waals surface area contributed by atoms with Crippen molar-refractivity contribution in [2.75, 3.05) is 39.8 Å². The standard InChI is InChI=1S/C17H24F3N3O2/c1-21-14-5-3-8-23(11-14)12-16(24)22-7-9-25-15-6-2-4-13(10-15)17(18,19)20/h2,4,6,10,14,21H,3,5,7-9,11-12H2,1H3,(H,22,24). The zero-order valence-corrected chi connectivity index (χ0v) is 14.2. The maximum Gasteiger partial charge on any atom is 0.416 e. The Bertz CT molecular complexity index is 566. The van der Waals surface area contributed by atoms with Crippen LogP contribution in [0.15, 0.2) is 24.3 Å². The van der Waals surface area contributed by atoms with Crippen molar-refractivity contribution in [2.45, 2.75) is 25.1 Å². The molecule has 0 bridgehead atoms. The lowest BCUT2D eigenvalue weighted by Gasteiger charge is -2.31. The maximum absolute atomic E-state index is 12.6. The molecule has 140 valence electrons. The van der Waals surface area contributed by atoms with Crippen molar-refractivity contribution in [3.63, 3.8) is 0 Å². The van der Waals surface area contributed by atoms with Crippen molar-refractivity contribution in [3.05, 3.63) is 29.8 Å². The van der Waals surface area contributed by atoms with Crippen LogP contribution in [0.4, 0.5) is 13.2 Å². The van der Waals surface area contributed by atoms with E-state index in [0.29, 0.717) is 12.6 Å². The summed E-state index contributed by atoms with van der Waals surface area (Å²) in [6.07, 6.45) is -2.23. The van der Waals surface area contributed by atoms with Gasteiger partial charge in [-0.3, -0.25) is 9.69 Å². The van der Waals surface area contributed by atoms with Gasteiger partial charge in [0.05, 0.1) is 18.7 Å². The zero-order chi connectivity index (χ0) is 18.3. The predicted octanol–water partition coefficient (Wildman–Crippen LogP) is 1.88. The number of carbonyl (C=O) groups excluding carboxylic acids is 1. The summed E-state index contributed by atoms with van der Waals surface area (Å²) in [5.41, 5.74) is -0.752. The minimum absolute atomic E-state index is 0.107. The largest absolute Gasteiger partial charge is 0.492 e. The van der Waals surface area contributed by atoms with Gasteiger partial charge in [0.25, 0.3) is 0 Å². The van der Waals surface area contributed by atoms with E-state index in [4.69, 9.17) is 4.74 Å². The highest BCUT2D eigenvalue weighted by atomic mass is 19.4. The van der Waals surface area contributed by atoms with Gasteiger partial charge < -0.3 is 15.4 Å². The quantitative estimate of drug-likeness (QED) is 0.730. The summed E-state index contributed by atoms with van der Waals surface area (Å²) in [7, 11) is 1.92. The van der Waals surface area contributed by atoms with Crippen molar-refractivity contribution < 1.29 is 22.7 Å². The molecular formula is C17H24F3N3O2. The second kappa shape index (κ2) is 9.05. The molecule has 1 aliphatic rings. The first kappa shape index (κ1) is 19.5. The number of halogens is 3. The van der Waals surface area contributed by atoms with Crippen LogP contribution in [0.1, 0.15) is 18.4 Å². The predicted molar refractivity (Wildman–Crippen MR) is 88.5 cm³/mol. The van der Waals surface area contributed by atoms with Crippen molar-refractivity contribution in [2.24, 2.45) is 0 Å². The lowest BCUT2D eigenvalue weighted by atomic mass is 10.1. The van der Waals surface area contributed by atoms with E-state index in [1.807, 2.05) is 7.05 Å². The molecule has 0 aromatic heterocycles. The molecule has 1 aliphatic heterocycles. The van der Waals surface area contributed by atoms with Crippen molar-refractivity contribution >= 4 is 5.91 Å². The van der Waals surface area contributed by atoms with Gasteiger partial charge in [-0.25, -0.2) is 0 Å². The van der Waals surface area contributed by atoms with E-state index in [-0.39, 0.29) is 24.8 Å². The van der Waals surface area contributed by atoms with E-state index < -0.39 is 11.7 Å². The third-order valence-corrected chi connectivity index (χ3v) is 4.14. The first-order valence-corrected chi connectivity index (χ1v) is 8.35. The second-order valence-corrected chi connectivity index (χ2v) is 6.09. The highest BCUT2D eigenvalue weighted by molar-refractivity contribution is 5.78. The third kappa shape index (κ3) is 6.55. The molecule has 1 fully saturated rings. The highest BCUT2D eigenvalue weighted by Crippen LogP contribution is 2.31. The van der Waals surface area contributed by atoms with Gasteiger partial charge in [-0.05, 0) is 44.6 Å². The fourth-order valence-electron chi connectivity index (χ4n) is 2.82. The number of alkyl halides is 3. The van der Waals surface area contributed by atoms with Crippen LogP contribution in [0.2, 0.25) is 0 Å². The van der Waals surface area contributed by atoms with Crippen LogP contribution < -0.4 is 15.4 Å². The Labute approximate surface area is 145 Å². The molecule has 1 unspecified atom stereocenters. The molecule has 0 spiro atoms. The van der Waals surface area contributed by atoms with E-state index in [9.17, 15) is 18.0 Å². The average molecular weight is 359 g/mol. The van der Waals surface area contributed by atoms with Gasteiger partial charge in [0.1, 0.15) is 12.4 Å². The molecule has 8 heteroatoms. The van der Waals surface area contributed by atoms with Crippen LogP contribution >= 0.6 is 0 Å². The molecule has 2 N–H and O–H groups in total. The van der Waals surface area contributed by atoms with Gasteiger partial charge in [-0.2, -0.15) is 13.2 Å². The molecule has 2 rings (SSSR count). The summed E-state index contributed by atoms with van der Waals surface area (Å²) in [6.45, 7) is 2.42. The first-order chi connectivity index (χ1) is 11.9. The van der Waals surface area contributed by atoms with Crippen LogP contribution in [0.25, 0.3) is 0 Å². The Morgan fingerprint density at radius 3 is 2.92 bits per heavy atom. The molecular weight excluding hydrogens is 335 g/mol. The lowest BCUT2D eigenvalue weighted by Crippen LogP contribution is -2.48. The van der Waals surface area contributed by atoms with Gasteiger partial charge in [-0.15, -0.1) is 0 Å². The number of likely N-dealkylation sites (N-methyl/N-ethyl adjacent to an activating group) is 1. The number of likely N-dealkylation sites (tertiary alicyclic amines) is 1. The summed E-state index contributed by atoms with van der Waals surface area (Å²) in [5.74, 6) is 0.0290. The van der Waals surface area contributed by atoms with Crippen molar-refractivity contribution in [3.8, 4) is 5.75 Å². The molecule has 1 amide bonds. The molecule has 0 radical (unpaired) electrons. The molecule has 1 saturated heterocycles. The fraction of sp³-hybridized carbons (Fsp3) is 0.588. The Hall–Kier alpha value is -1.80. The highest BCUT2D eigenvalue weighted by Gasteiger charge is 2.30. The van der Waals surface area contributed by atoms with Crippen LogP contribution in [-0.4, -0.2) is 56.7 Å². The number of nitrogens with one attached hydrogen (secondary N) is 2. The molecule has 25 heavy (non-hydrogen) atoms. The van der Waals surface area contributed by atoms with E-state index >= 15 is 0 Å². The molecule has 1 atom stereocenters. The first-order valence-electron chi connectivity index (χ1n) is 8.35. The van der Waals surface area contributed by atoms with Gasteiger partial charge in [0.2, 0.25) is 5.91 Å². The molecule has 5 nitrogen and oxygen atoms in total. The summed E-state index contributed by atoms with van der Waals surface area (Å²) in [6, 6.07) is 5.11. The summed E-state index contributed by atoms with van der Waals surface area (Å²) < 4.78 is 43.1. The smallest absolute Gasteiger partial charge is 0.416 e. The summed E-state index contributed by atoms with van der Waals surface area (Å²) in [4.78, 5) is 14.0. The number of benzene rings is 1. The van der Waals surface area contributed by atoms with Crippen molar-refractivity contribution in [1.82, 2.24) is 15.5 Å². The number of carbonyl (C=O) groups is 1. The monoisotopic (exact) mass is 359 g/mol. The molecule has 1 aromatic rings. The number of amides is 1. The Morgan fingerprint density at radius 2 is 2.20 bits per heavy atom. The van der Waals surface area contributed by atoms with Gasteiger partial charge in [0.15, 0.2) is 0 Å². The number of piperidine rings is 1. The molecule has 0 aliphatic carbocycles. The van der Waals surface area contributed by atoms with Crippen LogP contribution in [-0.2, 0) is 11.0 Å². The summed E-state index contributed by atoms with van der Waals surface area (Å²) >= 11 is 0. The lowest BCUT2D eigenvalue weighted by molar-refractivity contribution is -0.137. The second-order valence-electron chi connectivity index (χ2n) is 6.09. The van der Waals surface area contributed by atoms with E-state index in [1.165, 1.54) is 12.1 Å². The Balaban J connectivity index is 1.68. The van der Waals surface area contributed by atoms with E-state index in [2.05, 4.69) is 15.5 Å². The number of nitrogens with zero attached hydrogens (tertiary/aromatic N) is 1. The molecule has 1 aromatic carbocycles. The van der Waals surface area contributed by atoms with Crippen LogP contribution in [0, 0.1) is 0 Å². The Kier molecular flexibility index (Phi) is 7.07. The maximum atomic E-state index is 12.6. The number of hydrogen-bond donors (Lipinski definition) is 2. The topological polar surface area (TPSA) is 53.6 Å². The molecule has 1 heterocycles. The van der Waals surface area contributed by atoms with Crippen LogP contribution in [0.5, 0.6) is 5.75 Å². The minimum atomic E-state index is -4.40. The van der Waals surface area contributed by atoms with E-state index in [0.717, 1.165) is 38.1 Å². The van der Waals surface area contributed by atoms with Crippen molar-refractivity contribution in [1.29, 1.82) is 0 Å². The van der Waals surface area contributed by atoms with Gasteiger partial charge in [0, 0.05) is 12.6 Å². The minimum Gasteiger partial charge on any atom is -0.492 e. The number of ether oxygens (including phenoxy) is 1. The van der Waals surface area contributed by atoms with Crippen LogP contribution in [0.3, 0.4) is 0 Å². The molecule has 0 saturated carbocycles. The summed E-state index contributed by atoms with van der Waals surface area (Å²) in [5, 5.41) is 5.95. The number of rotatable bonds is 7. The average Bonchev–Trinajstić information content (AvgIpc) is 2.58. The normalized spacial score (nSPS) is 18.8. The fourth-order valence-corrected chi connectivity index (χ4v) is 2.82. The van der Waals surface area contributed by atoms with E-state index in [1.54, 1.807) is 0 Å². The SMILES string of the molecule is CNC1CCCN(CC(=O)NCCOc2cccc(C(F)(F)F)c2)C1. The third-order valence-electron chi connectivity index (χ3n) is 4.14. The van der Waals surface area contributed by atoms with Gasteiger partial charge >= 0.3 is 6.18 Å². The van der Waals surface area contributed by atoms with Gasteiger partial charge in [-0.1, -0.05) is 6.07 Å².